The summed E-state index contributed by atoms with van der Waals surface area (Å²) in [6, 6.07) is 0. The van der Waals surface area contributed by atoms with Crippen LogP contribution >= 0.6 is 0 Å². The first-order chi connectivity index (χ1) is 9.78. The zero-order valence-corrected chi connectivity index (χ0v) is 11.7. The van der Waals surface area contributed by atoms with Crippen molar-refractivity contribution in [2.24, 2.45) is 0 Å². The van der Waals surface area contributed by atoms with E-state index in [2.05, 4.69) is 25.1 Å². The molecule has 7 heteroatoms. The second-order valence-electron chi connectivity index (χ2n) is 5.26. The van der Waals surface area contributed by atoms with E-state index < -0.39 is 0 Å². The number of H-pyrrole nitrogens is 2. The van der Waals surface area contributed by atoms with Crippen LogP contribution in [0, 0.1) is 0 Å². The van der Waals surface area contributed by atoms with Gasteiger partial charge in [0.05, 0.1) is 6.33 Å². The number of piperidine rings is 1. The lowest BCUT2D eigenvalue weighted by molar-refractivity contribution is 0.198. The maximum absolute atomic E-state index is 11.6. The molecule has 0 aliphatic carbocycles. The summed E-state index contributed by atoms with van der Waals surface area (Å²) < 4.78 is 1.75. The summed E-state index contributed by atoms with van der Waals surface area (Å²) in [5, 5.41) is 6.77. The standard InChI is InChI=1S/C13H20N6O/c1-2-19-12(16-17-13(19)20)10-3-5-18(6-4-10)8-11-7-14-9-15-11/h7,9-10H,2-6,8H2,1H3,(H,14,15)(H,17,20). The molecule has 2 aromatic heterocycles. The molecule has 0 unspecified atom stereocenters. The number of hydrogen-bond donors (Lipinski definition) is 2. The number of rotatable bonds is 4. The van der Waals surface area contributed by atoms with Gasteiger partial charge in [-0.15, -0.1) is 0 Å². The van der Waals surface area contributed by atoms with Gasteiger partial charge in [0.25, 0.3) is 0 Å². The molecule has 3 heterocycles. The van der Waals surface area contributed by atoms with Crippen molar-refractivity contribution >= 4 is 0 Å². The van der Waals surface area contributed by atoms with E-state index in [0.29, 0.717) is 12.5 Å². The highest BCUT2D eigenvalue weighted by atomic mass is 16.1. The third kappa shape index (κ3) is 2.53. The number of imidazole rings is 1. The summed E-state index contributed by atoms with van der Waals surface area (Å²) in [6.45, 7) is 5.61. The van der Waals surface area contributed by atoms with Crippen LogP contribution in [0.2, 0.25) is 0 Å². The van der Waals surface area contributed by atoms with Gasteiger partial charge in [-0.05, 0) is 32.9 Å². The van der Waals surface area contributed by atoms with E-state index in [1.54, 1.807) is 10.9 Å². The molecule has 7 nitrogen and oxygen atoms in total. The molecule has 1 saturated heterocycles. The normalized spacial score (nSPS) is 17.6. The van der Waals surface area contributed by atoms with Crippen molar-refractivity contribution in [3.05, 3.63) is 34.5 Å². The van der Waals surface area contributed by atoms with Gasteiger partial charge < -0.3 is 4.98 Å². The highest BCUT2D eigenvalue weighted by Crippen LogP contribution is 2.26. The SMILES string of the molecule is CCn1c(C2CCN(Cc3cnc[nH]3)CC2)n[nH]c1=O. The fourth-order valence-electron chi connectivity index (χ4n) is 2.91. The zero-order chi connectivity index (χ0) is 13.9. The first-order valence-electron chi connectivity index (χ1n) is 7.12. The van der Waals surface area contributed by atoms with Crippen LogP contribution in [0.5, 0.6) is 0 Å². The molecule has 0 atom stereocenters. The molecule has 2 aromatic rings. The van der Waals surface area contributed by atoms with E-state index in [9.17, 15) is 4.79 Å². The van der Waals surface area contributed by atoms with Crippen LogP contribution in [0.15, 0.2) is 17.3 Å². The summed E-state index contributed by atoms with van der Waals surface area (Å²) in [5.41, 5.74) is 1.05. The smallest absolute Gasteiger partial charge is 0.343 e. The summed E-state index contributed by atoms with van der Waals surface area (Å²) in [6.07, 6.45) is 5.66. The Morgan fingerprint density at radius 2 is 2.20 bits per heavy atom. The number of nitrogens with zero attached hydrogens (tertiary/aromatic N) is 4. The number of hydrogen-bond acceptors (Lipinski definition) is 4. The van der Waals surface area contributed by atoms with E-state index >= 15 is 0 Å². The average molecular weight is 276 g/mol. The Labute approximate surface area is 117 Å². The van der Waals surface area contributed by atoms with Crippen molar-refractivity contribution in [2.45, 2.75) is 38.8 Å². The van der Waals surface area contributed by atoms with Gasteiger partial charge in [-0.3, -0.25) is 9.47 Å². The Hall–Kier alpha value is -1.89. The van der Waals surface area contributed by atoms with Crippen LogP contribution in [0.25, 0.3) is 0 Å². The van der Waals surface area contributed by atoms with E-state index in [4.69, 9.17) is 0 Å². The highest BCUT2D eigenvalue weighted by Gasteiger charge is 2.25. The van der Waals surface area contributed by atoms with Crippen molar-refractivity contribution in [3.8, 4) is 0 Å². The Morgan fingerprint density at radius 1 is 1.40 bits per heavy atom. The zero-order valence-electron chi connectivity index (χ0n) is 11.7. The topological polar surface area (TPSA) is 82.6 Å². The summed E-state index contributed by atoms with van der Waals surface area (Å²) in [4.78, 5) is 21.2. The lowest BCUT2D eigenvalue weighted by atomic mass is 9.96. The van der Waals surface area contributed by atoms with Crippen LogP contribution in [0.3, 0.4) is 0 Å². The van der Waals surface area contributed by atoms with Crippen molar-refractivity contribution in [1.29, 1.82) is 0 Å². The molecule has 2 N–H and O–H groups in total. The number of nitrogens with one attached hydrogen (secondary N) is 2. The minimum atomic E-state index is -0.0950. The third-order valence-corrected chi connectivity index (χ3v) is 4.01. The Kier molecular flexibility index (Phi) is 3.68. The number of likely N-dealkylation sites (tertiary alicyclic amines) is 1. The average Bonchev–Trinajstić information content (AvgIpc) is 3.09. The predicted octanol–water partition coefficient (Wildman–Crippen LogP) is 0.694. The van der Waals surface area contributed by atoms with E-state index in [1.807, 2.05) is 13.1 Å². The quantitative estimate of drug-likeness (QED) is 0.861. The maximum atomic E-state index is 11.6. The lowest BCUT2D eigenvalue weighted by Crippen LogP contribution is -2.33. The molecule has 1 aliphatic rings. The molecule has 0 bridgehead atoms. The molecule has 0 aromatic carbocycles. The van der Waals surface area contributed by atoms with Crippen molar-refractivity contribution in [3.63, 3.8) is 0 Å². The van der Waals surface area contributed by atoms with Gasteiger partial charge in [0, 0.05) is 30.9 Å². The van der Waals surface area contributed by atoms with Crippen LogP contribution in [0.1, 0.15) is 37.2 Å². The fourth-order valence-corrected chi connectivity index (χ4v) is 2.91. The van der Waals surface area contributed by atoms with Gasteiger partial charge in [0.1, 0.15) is 5.82 Å². The van der Waals surface area contributed by atoms with Crippen molar-refractivity contribution in [2.75, 3.05) is 13.1 Å². The monoisotopic (exact) mass is 276 g/mol. The van der Waals surface area contributed by atoms with Gasteiger partial charge in [0.2, 0.25) is 0 Å². The molecular formula is C13H20N6O. The molecule has 1 fully saturated rings. The van der Waals surface area contributed by atoms with Crippen molar-refractivity contribution in [1.82, 2.24) is 29.6 Å². The van der Waals surface area contributed by atoms with Gasteiger partial charge in [0.15, 0.2) is 0 Å². The first kappa shape index (κ1) is 13.1. The molecule has 3 rings (SSSR count). The molecule has 0 amide bonds. The number of aromatic nitrogens is 5. The van der Waals surface area contributed by atoms with Gasteiger partial charge in [-0.2, -0.15) is 5.10 Å². The van der Waals surface area contributed by atoms with Crippen LogP contribution in [0.4, 0.5) is 0 Å². The predicted molar refractivity (Wildman–Crippen MR) is 74.4 cm³/mol. The van der Waals surface area contributed by atoms with E-state index in [-0.39, 0.29) is 5.69 Å². The highest BCUT2D eigenvalue weighted by molar-refractivity contribution is 5.00. The van der Waals surface area contributed by atoms with Gasteiger partial charge in [-0.1, -0.05) is 0 Å². The van der Waals surface area contributed by atoms with E-state index in [0.717, 1.165) is 44.0 Å². The van der Waals surface area contributed by atoms with Crippen LogP contribution < -0.4 is 5.69 Å². The largest absolute Gasteiger partial charge is 0.347 e. The lowest BCUT2D eigenvalue weighted by Gasteiger charge is -2.31. The molecular weight excluding hydrogens is 256 g/mol. The summed E-state index contributed by atoms with van der Waals surface area (Å²) in [5.74, 6) is 1.30. The second-order valence-corrected chi connectivity index (χ2v) is 5.26. The van der Waals surface area contributed by atoms with Crippen LogP contribution in [-0.2, 0) is 13.1 Å². The van der Waals surface area contributed by atoms with Crippen LogP contribution in [-0.4, -0.2) is 42.7 Å². The minimum absolute atomic E-state index is 0.0950. The fraction of sp³-hybridized carbons (Fsp3) is 0.615. The summed E-state index contributed by atoms with van der Waals surface area (Å²) in [7, 11) is 0. The van der Waals surface area contributed by atoms with Gasteiger partial charge >= 0.3 is 5.69 Å². The molecule has 1 aliphatic heterocycles. The Balaban J connectivity index is 1.62. The molecule has 0 spiro atoms. The molecule has 108 valence electrons. The maximum Gasteiger partial charge on any atom is 0.343 e. The van der Waals surface area contributed by atoms with E-state index in [1.165, 1.54) is 0 Å². The van der Waals surface area contributed by atoms with Crippen molar-refractivity contribution < 1.29 is 0 Å². The molecule has 0 radical (unpaired) electrons. The Bertz CT molecular complexity index is 591. The summed E-state index contributed by atoms with van der Waals surface area (Å²) >= 11 is 0. The minimum Gasteiger partial charge on any atom is -0.347 e. The second kappa shape index (κ2) is 5.62. The Morgan fingerprint density at radius 3 is 2.85 bits per heavy atom. The number of aromatic amines is 2. The third-order valence-electron chi connectivity index (χ3n) is 4.01. The van der Waals surface area contributed by atoms with Gasteiger partial charge in [-0.25, -0.2) is 14.9 Å². The molecule has 0 saturated carbocycles. The molecule has 20 heavy (non-hydrogen) atoms. The first-order valence-corrected chi connectivity index (χ1v) is 7.12.